The van der Waals surface area contributed by atoms with Crippen molar-refractivity contribution < 1.29 is 13.2 Å². The molecule has 0 bridgehead atoms. The SMILES string of the molecule is [CH2]C1(C(F)(F)F)CCCN1. The van der Waals surface area contributed by atoms with Gasteiger partial charge in [-0.05, 0) is 26.3 Å². The summed E-state index contributed by atoms with van der Waals surface area (Å²) >= 11 is 0. The molecule has 1 atom stereocenters. The Morgan fingerprint density at radius 3 is 2.20 bits per heavy atom. The second-order valence-corrected chi connectivity index (χ2v) is 2.61. The molecule has 4 heteroatoms. The number of hydrogen-bond donors (Lipinski definition) is 1. The van der Waals surface area contributed by atoms with Crippen molar-refractivity contribution >= 4 is 0 Å². The predicted octanol–water partition coefficient (Wildman–Crippen LogP) is 1.50. The van der Waals surface area contributed by atoms with Gasteiger partial charge in [0, 0.05) is 0 Å². The third-order valence-electron chi connectivity index (χ3n) is 1.79. The van der Waals surface area contributed by atoms with Crippen LogP contribution in [0.5, 0.6) is 0 Å². The van der Waals surface area contributed by atoms with E-state index in [1.54, 1.807) is 0 Å². The highest BCUT2D eigenvalue weighted by Crippen LogP contribution is 2.35. The van der Waals surface area contributed by atoms with Crippen LogP contribution in [-0.4, -0.2) is 18.3 Å². The summed E-state index contributed by atoms with van der Waals surface area (Å²) in [4.78, 5) is 0. The minimum Gasteiger partial charge on any atom is -0.304 e. The molecular weight excluding hydrogens is 143 g/mol. The molecule has 1 saturated heterocycles. The van der Waals surface area contributed by atoms with Crippen LogP contribution in [0, 0.1) is 6.92 Å². The summed E-state index contributed by atoms with van der Waals surface area (Å²) in [6.07, 6.45) is -3.55. The minimum absolute atomic E-state index is 0.0938. The first-order valence-corrected chi connectivity index (χ1v) is 3.13. The van der Waals surface area contributed by atoms with Crippen LogP contribution in [0.4, 0.5) is 13.2 Å². The Morgan fingerprint density at radius 2 is 2.00 bits per heavy atom. The Kier molecular flexibility index (Phi) is 1.66. The number of halogens is 3. The van der Waals surface area contributed by atoms with Gasteiger partial charge in [0.2, 0.25) is 0 Å². The fourth-order valence-corrected chi connectivity index (χ4v) is 1.05. The Morgan fingerprint density at radius 1 is 1.40 bits per heavy atom. The molecular formula is C6H9F3N. The van der Waals surface area contributed by atoms with Crippen molar-refractivity contribution in [3.8, 4) is 0 Å². The average molecular weight is 152 g/mol. The van der Waals surface area contributed by atoms with Crippen LogP contribution in [0.1, 0.15) is 12.8 Å². The summed E-state index contributed by atoms with van der Waals surface area (Å²) in [5.74, 6) is 0. The first kappa shape index (κ1) is 7.85. The monoisotopic (exact) mass is 152 g/mol. The topological polar surface area (TPSA) is 12.0 Å². The number of alkyl halides is 3. The lowest BCUT2D eigenvalue weighted by atomic mass is 10.0. The maximum Gasteiger partial charge on any atom is 0.406 e. The van der Waals surface area contributed by atoms with Crippen LogP contribution in [0.25, 0.3) is 0 Å². The van der Waals surface area contributed by atoms with Crippen LogP contribution in [0.3, 0.4) is 0 Å². The molecule has 0 spiro atoms. The molecule has 0 aromatic carbocycles. The molecule has 0 aliphatic carbocycles. The standard InChI is InChI=1S/C6H9F3N/c1-5(6(7,8)9)3-2-4-10-5/h10H,1-4H2. The second kappa shape index (κ2) is 2.12. The van der Waals surface area contributed by atoms with E-state index in [9.17, 15) is 13.2 Å². The molecule has 0 aromatic heterocycles. The van der Waals surface area contributed by atoms with Gasteiger partial charge in [0.1, 0.15) is 5.54 Å². The molecule has 1 radical (unpaired) electrons. The highest BCUT2D eigenvalue weighted by Gasteiger charge is 2.52. The van der Waals surface area contributed by atoms with E-state index in [0.717, 1.165) is 0 Å². The van der Waals surface area contributed by atoms with Crippen molar-refractivity contribution in [2.45, 2.75) is 24.6 Å². The molecule has 1 heterocycles. The van der Waals surface area contributed by atoms with E-state index in [2.05, 4.69) is 12.2 Å². The van der Waals surface area contributed by atoms with Gasteiger partial charge in [-0.15, -0.1) is 0 Å². The van der Waals surface area contributed by atoms with Gasteiger partial charge < -0.3 is 5.32 Å². The van der Waals surface area contributed by atoms with E-state index in [-0.39, 0.29) is 6.42 Å². The fourth-order valence-electron chi connectivity index (χ4n) is 1.05. The van der Waals surface area contributed by atoms with E-state index >= 15 is 0 Å². The highest BCUT2D eigenvalue weighted by molar-refractivity contribution is 5.01. The zero-order chi connectivity index (χ0) is 7.83. The Bertz CT molecular complexity index is 123. The summed E-state index contributed by atoms with van der Waals surface area (Å²) < 4.78 is 36.1. The van der Waals surface area contributed by atoms with Gasteiger partial charge in [-0.25, -0.2) is 0 Å². The van der Waals surface area contributed by atoms with Crippen LogP contribution < -0.4 is 5.32 Å². The van der Waals surface area contributed by atoms with Crippen LogP contribution in [0.15, 0.2) is 0 Å². The van der Waals surface area contributed by atoms with E-state index in [4.69, 9.17) is 0 Å². The molecule has 0 saturated carbocycles. The van der Waals surface area contributed by atoms with Crippen LogP contribution in [0.2, 0.25) is 0 Å². The van der Waals surface area contributed by atoms with Crippen LogP contribution in [-0.2, 0) is 0 Å². The average Bonchev–Trinajstić information content (AvgIpc) is 2.13. The summed E-state index contributed by atoms with van der Waals surface area (Å²) in [6.45, 7) is 3.52. The minimum atomic E-state index is -4.20. The molecule has 10 heavy (non-hydrogen) atoms. The van der Waals surface area contributed by atoms with Gasteiger partial charge in [0.05, 0.1) is 0 Å². The molecule has 59 valence electrons. The first-order valence-electron chi connectivity index (χ1n) is 3.13. The Balaban J connectivity index is 2.67. The third-order valence-corrected chi connectivity index (χ3v) is 1.79. The lowest BCUT2D eigenvalue weighted by Crippen LogP contribution is -2.50. The van der Waals surface area contributed by atoms with Gasteiger partial charge in [-0.2, -0.15) is 13.2 Å². The van der Waals surface area contributed by atoms with Crippen molar-refractivity contribution in [1.29, 1.82) is 0 Å². The normalized spacial score (nSPS) is 34.8. The zero-order valence-corrected chi connectivity index (χ0v) is 5.46. The molecule has 1 rings (SSSR count). The van der Waals surface area contributed by atoms with Crippen molar-refractivity contribution in [3.63, 3.8) is 0 Å². The molecule has 0 amide bonds. The Labute approximate surface area is 57.6 Å². The second-order valence-electron chi connectivity index (χ2n) is 2.61. The van der Waals surface area contributed by atoms with Gasteiger partial charge in [-0.1, -0.05) is 0 Å². The summed E-state index contributed by atoms with van der Waals surface area (Å²) in [5, 5.41) is 2.34. The number of nitrogens with one attached hydrogen (secondary N) is 1. The number of rotatable bonds is 0. The summed E-state index contributed by atoms with van der Waals surface area (Å²) in [5.41, 5.74) is -1.87. The van der Waals surface area contributed by atoms with Gasteiger partial charge in [0.15, 0.2) is 0 Å². The summed E-state index contributed by atoms with van der Waals surface area (Å²) in [6, 6.07) is 0. The van der Waals surface area contributed by atoms with Gasteiger partial charge in [-0.3, -0.25) is 0 Å². The van der Waals surface area contributed by atoms with Crippen molar-refractivity contribution in [2.24, 2.45) is 0 Å². The van der Waals surface area contributed by atoms with E-state index in [1.807, 2.05) is 0 Å². The van der Waals surface area contributed by atoms with Crippen LogP contribution >= 0.6 is 0 Å². The van der Waals surface area contributed by atoms with E-state index in [0.29, 0.717) is 13.0 Å². The molecule has 1 fully saturated rings. The van der Waals surface area contributed by atoms with Crippen molar-refractivity contribution in [2.75, 3.05) is 6.54 Å². The lowest BCUT2D eigenvalue weighted by Gasteiger charge is -2.26. The maximum atomic E-state index is 12.0. The quantitative estimate of drug-likeness (QED) is 0.554. The predicted molar refractivity (Wildman–Crippen MR) is 31.4 cm³/mol. The lowest BCUT2D eigenvalue weighted by molar-refractivity contribution is -0.178. The van der Waals surface area contributed by atoms with Crippen molar-refractivity contribution in [1.82, 2.24) is 5.32 Å². The third kappa shape index (κ3) is 1.12. The summed E-state index contributed by atoms with van der Waals surface area (Å²) in [7, 11) is 0. The van der Waals surface area contributed by atoms with Gasteiger partial charge >= 0.3 is 6.18 Å². The number of hydrogen-bond acceptors (Lipinski definition) is 1. The van der Waals surface area contributed by atoms with E-state index < -0.39 is 11.7 Å². The molecule has 1 aliphatic heterocycles. The Hall–Kier alpha value is -0.250. The molecule has 1 nitrogen and oxygen atoms in total. The molecule has 1 unspecified atom stereocenters. The van der Waals surface area contributed by atoms with Crippen molar-refractivity contribution in [3.05, 3.63) is 6.92 Å². The largest absolute Gasteiger partial charge is 0.406 e. The smallest absolute Gasteiger partial charge is 0.304 e. The zero-order valence-electron chi connectivity index (χ0n) is 5.46. The first-order chi connectivity index (χ1) is 4.46. The van der Waals surface area contributed by atoms with Gasteiger partial charge in [0.25, 0.3) is 0 Å². The fraction of sp³-hybridized carbons (Fsp3) is 0.833. The molecule has 1 N–H and O–H groups in total. The maximum absolute atomic E-state index is 12.0. The highest BCUT2D eigenvalue weighted by atomic mass is 19.4. The van der Waals surface area contributed by atoms with E-state index in [1.165, 1.54) is 0 Å². The molecule has 0 aromatic rings. The molecule has 1 aliphatic rings.